The van der Waals surface area contributed by atoms with Crippen LogP contribution >= 0.6 is 0 Å². The summed E-state index contributed by atoms with van der Waals surface area (Å²) in [5.41, 5.74) is 1.84. The van der Waals surface area contributed by atoms with Gasteiger partial charge < -0.3 is 14.5 Å². The predicted octanol–water partition coefficient (Wildman–Crippen LogP) is 3.20. The van der Waals surface area contributed by atoms with Crippen molar-refractivity contribution in [2.24, 2.45) is 5.92 Å². The van der Waals surface area contributed by atoms with Crippen LogP contribution in [0.5, 0.6) is 0 Å². The van der Waals surface area contributed by atoms with E-state index < -0.39 is 5.82 Å². The van der Waals surface area contributed by atoms with Crippen molar-refractivity contribution in [2.75, 3.05) is 39.4 Å². The average Bonchev–Trinajstić information content (AvgIpc) is 2.80. The van der Waals surface area contributed by atoms with E-state index in [2.05, 4.69) is 0 Å². The Kier molecular flexibility index (Phi) is 5.90. The van der Waals surface area contributed by atoms with E-state index in [1.165, 1.54) is 6.07 Å². The maximum absolute atomic E-state index is 14.4. The van der Waals surface area contributed by atoms with Crippen molar-refractivity contribution in [1.29, 1.82) is 0 Å². The quantitative estimate of drug-likeness (QED) is 0.801. The minimum Gasteiger partial charge on any atom is -0.378 e. The molecule has 6 heteroatoms. The van der Waals surface area contributed by atoms with Gasteiger partial charge in [-0.1, -0.05) is 36.4 Å². The Hall–Kier alpha value is -2.73. The van der Waals surface area contributed by atoms with Gasteiger partial charge in [-0.05, 0) is 36.1 Å². The van der Waals surface area contributed by atoms with Gasteiger partial charge in [0, 0.05) is 32.1 Å². The lowest BCUT2D eigenvalue weighted by Gasteiger charge is -2.35. The van der Waals surface area contributed by atoms with Crippen molar-refractivity contribution >= 4 is 11.8 Å². The highest BCUT2D eigenvalue weighted by molar-refractivity contribution is 5.96. The van der Waals surface area contributed by atoms with Gasteiger partial charge in [0.1, 0.15) is 5.82 Å². The summed E-state index contributed by atoms with van der Waals surface area (Å²) in [4.78, 5) is 29.1. The molecule has 2 amide bonds. The van der Waals surface area contributed by atoms with Crippen LogP contribution in [-0.2, 0) is 9.53 Å². The number of hydrogen-bond donors (Lipinski definition) is 0. The van der Waals surface area contributed by atoms with E-state index in [0.717, 1.165) is 11.1 Å². The number of hydrogen-bond acceptors (Lipinski definition) is 3. The summed E-state index contributed by atoms with van der Waals surface area (Å²) in [5.74, 6) is -0.742. The highest BCUT2D eigenvalue weighted by Crippen LogP contribution is 2.25. The van der Waals surface area contributed by atoms with Crippen LogP contribution in [0.3, 0.4) is 0 Å². The lowest BCUT2D eigenvalue weighted by atomic mass is 9.94. The molecule has 152 valence electrons. The summed E-state index contributed by atoms with van der Waals surface area (Å²) >= 11 is 0. The van der Waals surface area contributed by atoms with E-state index in [0.29, 0.717) is 52.2 Å². The SMILES string of the molecule is O=C(c1cc(-c2ccccc2)ccc1F)N1CCC(C(=O)N2CCOCC2)CC1. The molecule has 0 aliphatic carbocycles. The normalized spacial score (nSPS) is 18.0. The topological polar surface area (TPSA) is 49.9 Å². The lowest BCUT2D eigenvalue weighted by Crippen LogP contribution is -2.47. The van der Waals surface area contributed by atoms with Gasteiger partial charge in [0.05, 0.1) is 18.8 Å². The Balaban J connectivity index is 1.42. The van der Waals surface area contributed by atoms with E-state index in [1.807, 2.05) is 35.2 Å². The second kappa shape index (κ2) is 8.74. The number of nitrogens with zero attached hydrogens (tertiary/aromatic N) is 2. The highest BCUT2D eigenvalue weighted by Gasteiger charge is 2.31. The molecule has 2 aromatic carbocycles. The van der Waals surface area contributed by atoms with Crippen molar-refractivity contribution < 1.29 is 18.7 Å². The molecule has 0 atom stereocenters. The fourth-order valence-electron chi connectivity index (χ4n) is 4.04. The fraction of sp³-hybridized carbons (Fsp3) is 0.391. The highest BCUT2D eigenvalue weighted by atomic mass is 19.1. The van der Waals surface area contributed by atoms with E-state index in [9.17, 15) is 14.0 Å². The number of amides is 2. The van der Waals surface area contributed by atoms with Gasteiger partial charge >= 0.3 is 0 Å². The van der Waals surface area contributed by atoms with Gasteiger partial charge in [-0.3, -0.25) is 9.59 Å². The third kappa shape index (κ3) is 4.32. The Labute approximate surface area is 170 Å². The molecule has 29 heavy (non-hydrogen) atoms. The molecule has 2 heterocycles. The lowest BCUT2D eigenvalue weighted by molar-refractivity contribution is -0.141. The molecule has 2 aliphatic rings. The Morgan fingerprint density at radius 1 is 0.862 bits per heavy atom. The number of rotatable bonds is 3. The molecule has 2 aromatic rings. The van der Waals surface area contributed by atoms with Crippen LogP contribution in [0.15, 0.2) is 48.5 Å². The number of halogens is 1. The smallest absolute Gasteiger partial charge is 0.256 e. The predicted molar refractivity (Wildman–Crippen MR) is 108 cm³/mol. The molecule has 2 saturated heterocycles. The first-order valence-electron chi connectivity index (χ1n) is 10.1. The van der Waals surface area contributed by atoms with Gasteiger partial charge in [-0.2, -0.15) is 0 Å². The Bertz CT molecular complexity index is 873. The summed E-state index contributed by atoms with van der Waals surface area (Å²) in [6, 6.07) is 14.3. The Morgan fingerprint density at radius 3 is 2.24 bits per heavy atom. The Morgan fingerprint density at radius 2 is 1.55 bits per heavy atom. The molecule has 2 fully saturated rings. The van der Waals surface area contributed by atoms with Crippen LogP contribution in [0.4, 0.5) is 4.39 Å². The van der Waals surface area contributed by atoms with Crippen LogP contribution in [-0.4, -0.2) is 61.0 Å². The van der Waals surface area contributed by atoms with E-state index in [-0.39, 0.29) is 23.3 Å². The van der Waals surface area contributed by atoms with Crippen molar-refractivity contribution in [1.82, 2.24) is 9.80 Å². The zero-order chi connectivity index (χ0) is 20.2. The standard InChI is InChI=1S/C23H25FN2O3/c24-21-7-6-19(17-4-2-1-3-5-17)16-20(21)23(28)25-10-8-18(9-11-25)22(27)26-12-14-29-15-13-26/h1-7,16,18H,8-15H2. The first-order valence-corrected chi connectivity index (χ1v) is 10.1. The maximum Gasteiger partial charge on any atom is 0.256 e. The molecule has 0 unspecified atom stereocenters. The number of likely N-dealkylation sites (tertiary alicyclic amines) is 1. The molecule has 0 N–H and O–H groups in total. The number of morpholine rings is 1. The van der Waals surface area contributed by atoms with Crippen LogP contribution in [0, 0.1) is 11.7 Å². The first kappa shape index (κ1) is 19.6. The second-order valence-corrected chi connectivity index (χ2v) is 7.56. The number of piperidine rings is 1. The second-order valence-electron chi connectivity index (χ2n) is 7.56. The van der Waals surface area contributed by atoms with Crippen LogP contribution in [0.1, 0.15) is 23.2 Å². The summed E-state index contributed by atoms with van der Waals surface area (Å²) < 4.78 is 19.7. The number of benzene rings is 2. The summed E-state index contributed by atoms with van der Waals surface area (Å²) in [6.07, 6.45) is 1.23. The van der Waals surface area contributed by atoms with Crippen LogP contribution in [0.25, 0.3) is 11.1 Å². The number of carbonyl (C=O) groups excluding carboxylic acids is 2. The van der Waals surface area contributed by atoms with E-state index in [1.54, 1.807) is 17.0 Å². The number of ether oxygens (including phenoxy) is 1. The molecule has 2 aliphatic heterocycles. The van der Waals surface area contributed by atoms with E-state index >= 15 is 0 Å². The summed E-state index contributed by atoms with van der Waals surface area (Å²) in [5, 5.41) is 0. The van der Waals surface area contributed by atoms with Crippen LogP contribution in [0.2, 0.25) is 0 Å². The molecule has 4 rings (SSSR count). The third-order valence-corrected chi connectivity index (χ3v) is 5.76. The molecule has 0 saturated carbocycles. The number of carbonyl (C=O) groups is 2. The maximum atomic E-state index is 14.4. The van der Waals surface area contributed by atoms with Crippen molar-refractivity contribution in [3.8, 4) is 11.1 Å². The minimum absolute atomic E-state index is 0.0716. The fourth-order valence-corrected chi connectivity index (χ4v) is 4.04. The summed E-state index contributed by atoms with van der Waals surface area (Å²) in [6.45, 7) is 3.37. The van der Waals surface area contributed by atoms with E-state index in [4.69, 9.17) is 4.74 Å². The molecule has 0 bridgehead atoms. The van der Waals surface area contributed by atoms with Crippen molar-refractivity contribution in [2.45, 2.75) is 12.8 Å². The first-order chi connectivity index (χ1) is 14.1. The monoisotopic (exact) mass is 396 g/mol. The molecule has 0 spiro atoms. The van der Waals surface area contributed by atoms with Gasteiger partial charge in [-0.15, -0.1) is 0 Å². The van der Waals surface area contributed by atoms with Gasteiger partial charge in [0.15, 0.2) is 0 Å². The molecular formula is C23H25FN2O3. The van der Waals surface area contributed by atoms with Crippen LogP contribution < -0.4 is 0 Å². The van der Waals surface area contributed by atoms with Gasteiger partial charge in [-0.25, -0.2) is 4.39 Å². The van der Waals surface area contributed by atoms with Gasteiger partial charge in [0.25, 0.3) is 5.91 Å². The minimum atomic E-state index is -0.513. The molecule has 0 aromatic heterocycles. The molecule has 0 radical (unpaired) electrons. The van der Waals surface area contributed by atoms with Gasteiger partial charge in [0.2, 0.25) is 5.91 Å². The largest absolute Gasteiger partial charge is 0.378 e. The van der Waals surface area contributed by atoms with Crippen molar-refractivity contribution in [3.63, 3.8) is 0 Å². The van der Waals surface area contributed by atoms with Crippen molar-refractivity contribution in [3.05, 3.63) is 59.9 Å². The molecule has 5 nitrogen and oxygen atoms in total. The molecular weight excluding hydrogens is 371 g/mol. The summed E-state index contributed by atoms with van der Waals surface area (Å²) in [7, 11) is 0. The zero-order valence-electron chi connectivity index (χ0n) is 16.4. The zero-order valence-corrected chi connectivity index (χ0v) is 16.4. The average molecular weight is 396 g/mol. The third-order valence-electron chi connectivity index (χ3n) is 5.76.